The van der Waals surface area contributed by atoms with E-state index in [2.05, 4.69) is 11.4 Å². The van der Waals surface area contributed by atoms with Gasteiger partial charge in [0.1, 0.15) is 5.75 Å². The van der Waals surface area contributed by atoms with E-state index in [1.54, 1.807) is 0 Å². The van der Waals surface area contributed by atoms with Crippen LogP contribution in [0.25, 0.3) is 0 Å². The quantitative estimate of drug-likeness (QED) is 0.703. The number of hydrogen-bond acceptors (Lipinski definition) is 4. The van der Waals surface area contributed by atoms with Gasteiger partial charge in [-0.25, -0.2) is 0 Å². The number of rotatable bonds is 4. The van der Waals surface area contributed by atoms with Gasteiger partial charge in [0.05, 0.1) is 12.7 Å². The Hall–Kier alpha value is -1.26. The fraction of sp³-hybridized carbons (Fsp3) is 0.500. The number of nitrogens with one attached hydrogen (secondary N) is 1. The lowest BCUT2D eigenvalue weighted by Crippen LogP contribution is -2.27. The van der Waals surface area contributed by atoms with Crippen molar-refractivity contribution in [3.8, 4) is 5.75 Å². The number of nitrogens with two attached hydrogens (primary N) is 1. The summed E-state index contributed by atoms with van der Waals surface area (Å²) in [4.78, 5) is 0. The number of anilines is 1. The van der Waals surface area contributed by atoms with Gasteiger partial charge in [0.2, 0.25) is 0 Å². The Morgan fingerprint density at radius 1 is 1.50 bits per heavy atom. The number of hydrogen-bond donors (Lipinski definition) is 3. The van der Waals surface area contributed by atoms with Crippen molar-refractivity contribution in [3.05, 3.63) is 23.8 Å². The normalized spacial score (nSPS) is 16.1. The molecule has 2 rings (SSSR count). The van der Waals surface area contributed by atoms with Crippen molar-refractivity contribution < 1.29 is 9.84 Å². The summed E-state index contributed by atoms with van der Waals surface area (Å²) in [5, 5.41) is 12.5. The maximum Gasteiger partial charge on any atom is 0.122 e. The predicted octanol–water partition coefficient (Wildman–Crippen LogP) is 0.743. The Balaban J connectivity index is 2.00. The van der Waals surface area contributed by atoms with Crippen LogP contribution in [0.2, 0.25) is 0 Å². The molecule has 0 amide bonds. The monoisotopic (exact) mass is 222 g/mol. The van der Waals surface area contributed by atoms with Gasteiger partial charge < -0.3 is 20.9 Å². The van der Waals surface area contributed by atoms with E-state index in [0.29, 0.717) is 6.54 Å². The lowest BCUT2D eigenvalue weighted by Gasteiger charge is -2.18. The smallest absolute Gasteiger partial charge is 0.122 e. The maximum atomic E-state index is 9.35. The van der Waals surface area contributed by atoms with E-state index in [9.17, 15) is 5.11 Å². The van der Waals surface area contributed by atoms with Crippen LogP contribution in [0.5, 0.6) is 5.75 Å². The Morgan fingerprint density at radius 3 is 3.19 bits per heavy atom. The molecular formula is C12H18N2O2. The zero-order chi connectivity index (χ0) is 11.4. The third-order valence-electron chi connectivity index (χ3n) is 2.72. The molecule has 0 saturated carbocycles. The molecule has 1 aliphatic rings. The summed E-state index contributed by atoms with van der Waals surface area (Å²) in [5.41, 5.74) is 7.58. The molecule has 0 aliphatic carbocycles. The third-order valence-corrected chi connectivity index (χ3v) is 2.72. The molecule has 16 heavy (non-hydrogen) atoms. The van der Waals surface area contributed by atoms with E-state index in [1.165, 1.54) is 5.56 Å². The van der Waals surface area contributed by atoms with Crippen molar-refractivity contribution in [1.82, 2.24) is 0 Å². The molecule has 4 nitrogen and oxygen atoms in total. The van der Waals surface area contributed by atoms with Crippen molar-refractivity contribution >= 4 is 5.69 Å². The lowest BCUT2D eigenvalue weighted by atomic mass is 10.1. The molecule has 1 aromatic carbocycles. The molecule has 88 valence electrons. The van der Waals surface area contributed by atoms with Gasteiger partial charge in [-0.05, 0) is 36.6 Å². The topological polar surface area (TPSA) is 67.5 Å². The average molecular weight is 222 g/mol. The molecule has 4 N–H and O–H groups in total. The summed E-state index contributed by atoms with van der Waals surface area (Å²) in [6, 6.07) is 6.02. The number of ether oxygens (including phenoxy) is 1. The number of fused-ring (bicyclic) bond motifs is 1. The molecule has 1 heterocycles. The fourth-order valence-corrected chi connectivity index (χ4v) is 1.79. The van der Waals surface area contributed by atoms with Crippen LogP contribution in [0, 0.1) is 0 Å². The van der Waals surface area contributed by atoms with Gasteiger partial charge in [0.25, 0.3) is 0 Å². The summed E-state index contributed by atoms with van der Waals surface area (Å²) in [6.07, 6.45) is 1.64. The molecule has 1 atom stereocenters. The standard InChI is InChI=1S/C12H18N2O2/c13-7-11(15)8-14-10-3-4-12-9(6-10)2-1-5-16-12/h3-4,6,11,14-15H,1-2,5,7-8,13H2. The Kier molecular flexibility index (Phi) is 3.64. The molecular weight excluding hydrogens is 204 g/mol. The highest BCUT2D eigenvalue weighted by Crippen LogP contribution is 2.27. The lowest BCUT2D eigenvalue weighted by molar-refractivity contribution is 0.196. The first-order valence-electron chi connectivity index (χ1n) is 5.67. The van der Waals surface area contributed by atoms with Crippen LogP contribution < -0.4 is 15.8 Å². The Labute approximate surface area is 95.4 Å². The van der Waals surface area contributed by atoms with E-state index in [0.717, 1.165) is 30.9 Å². The van der Waals surface area contributed by atoms with Gasteiger partial charge >= 0.3 is 0 Å². The van der Waals surface area contributed by atoms with Gasteiger partial charge in [-0.1, -0.05) is 0 Å². The third kappa shape index (κ3) is 2.65. The van der Waals surface area contributed by atoms with E-state index < -0.39 is 6.10 Å². The molecule has 0 bridgehead atoms. The molecule has 0 aromatic heterocycles. The molecule has 1 aliphatic heterocycles. The Morgan fingerprint density at radius 2 is 2.38 bits per heavy atom. The minimum atomic E-state index is -0.493. The second-order valence-electron chi connectivity index (χ2n) is 4.04. The average Bonchev–Trinajstić information content (AvgIpc) is 2.35. The van der Waals surface area contributed by atoms with Crippen LogP contribution in [0.15, 0.2) is 18.2 Å². The summed E-state index contributed by atoms with van der Waals surface area (Å²) >= 11 is 0. The van der Waals surface area contributed by atoms with E-state index >= 15 is 0 Å². The zero-order valence-corrected chi connectivity index (χ0v) is 9.28. The van der Waals surface area contributed by atoms with Gasteiger partial charge in [0, 0.05) is 18.8 Å². The van der Waals surface area contributed by atoms with Gasteiger partial charge in [0.15, 0.2) is 0 Å². The van der Waals surface area contributed by atoms with Gasteiger partial charge in [-0.2, -0.15) is 0 Å². The second-order valence-corrected chi connectivity index (χ2v) is 4.04. The van der Waals surface area contributed by atoms with Crippen LogP contribution in [-0.4, -0.2) is 30.9 Å². The van der Waals surface area contributed by atoms with Gasteiger partial charge in [-0.15, -0.1) is 0 Å². The van der Waals surface area contributed by atoms with E-state index in [4.69, 9.17) is 10.5 Å². The summed E-state index contributed by atoms with van der Waals surface area (Å²) in [7, 11) is 0. The summed E-state index contributed by atoms with van der Waals surface area (Å²) in [5.74, 6) is 0.983. The highest BCUT2D eigenvalue weighted by atomic mass is 16.5. The first-order valence-corrected chi connectivity index (χ1v) is 5.67. The molecule has 1 aromatic rings. The largest absolute Gasteiger partial charge is 0.493 e. The number of aryl methyl sites for hydroxylation is 1. The summed E-state index contributed by atoms with van der Waals surface area (Å²) < 4.78 is 5.53. The van der Waals surface area contributed by atoms with Crippen LogP contribution in [0.3, 0.4) is 0 Å². The van der Waals surface area contributed by atoms with Crippen LogP contribution in [0.1, 0.15) is 12.0 Å². The molecule has 0 fully saturated rings. The van der Waals surface area contributed by atoms with Crippen molar-refractivity contribution in [2.75, 3.05) is 25.0 Å². The Bertz CT molecular complexity index is 355. The molecule has 0 saturated heterocycles. The number of aliphatic hydroxyl groups is 1. The predicted molar refractivity (Wildman–Crippen MR) is 63.8 cm³/mol. The van der Waals surface area contributed by atoms with Crippen molar-refractivity contribution in [3.63, 3.8) is 0 Å². The first-order chi connectivity index (χ1) is 7.79. The van der Waals surface area contributed by atoms with E-state index in [-0.39, 0.29) is 6.54 Å². The van der Waals surface area contributed by atoms with E-state index in [1.807, 2.05) is 12.1 Å². The minimum absolute atomic E-state index is 0.279. The number of benzene rings is 1. The molecule has 0 spiro atoms. The SMILES string of the molecule is NCC(O)CNc1ccc2c(c1)CCCO2. The highest BCUT2D eigenvalue weighted by Gasteiger charge is 2.10. The zero-order valence-electron chi connectivity index (χ0n) is 9.28. The van der Waals surface area contributed by atoms with Crippen molar-refractivity contribution in [2.45, 2.75) is 18.9 Å². The second kappa shape index (κ2) is 5.18. The van der Waals surface area contributed by atoms with Crippen molar-refractivity contribution in [1.29, 1.82) is 0 Å². The van der Waals surface area contributed by atoms with Gasteiger partial charge in [-0.3, -0.25) is 0 Å². The highest BCUT2D eigenvalue weighted by molar-refractivity contribution is 5.51. The molecule has 4 heteroatoms. The van der Waals surface area contributed by atoms with Crippen molar-refractivity contribution in [2.24, 2.45) is 5.73 Å². The fourth-order valence-electron chi connectivity index (χ4n) is 1.79. The first kappa shape index (κ1) is 11.2. The maximum absolute atomic E-state index is 9.35. The molecule has 0 radical (unpaired) electrons. The summed E-state index contributed by atoms with van der Waals surface area (Å²) in [6.45, 7) is 1.57. The number of aliphatic hydroxyl groups excluding tert-OH is 1. The van der Waals surface area contributed by atoms with Crippen LogP contribution >= 0.6 is 0 Å². The minimum Gasteiger partial charge on any atom is -0.493 e. The molecule has 1 unspecified atom stereocenters. The van der Waals surface area contributed by atoms with Crippen LogP contribution in [-0.2, 0) is 6.42 Å². The van der Waals surface area contributed by atoms with Crippen LogP contribution in [0.4, 0.5) is 5.69 Å².